The third-order valence-electron chi connectivity index (χ3n) is 5.59. The third-order valence-corrected chi connectivity index (χ3v) is 5.59. The summed E-state index contributed by atoms with van der Waals surface area (Å²) in [5, 5.41) is 0. The highest BCUT2D eigenvalue weighted by Gasteiger charge is 2.15. The highest BCUT2D eigenvalue weighted by Crippen LogP contribution is 2.34. The van der Waals surface area contributed by atoms with Gasteiger partial charge in [0.25, 0.3) is 0 Å². The van der Waals surface area contributed by atoms with E-state index < -0.39 is 5.97 Å². The summed E-state index contributed by atoms with van der Waals surface area (Å²) in [6.07, 6.45) is 10.7. The van der Waals surface area contributed by atoms with Gasteiger partial charge in [0.15, 0.2) is 0 Å². The normalized spacial score (nSPS) is 11.6. The van der Waals surface area contributed by atoms with Gasteiger partial charge in [-0.05, 0) is 88.1 Å². The van der Waals surface area contributed by atoms with E-state index in [1.54, 1.807) is 6.92 Å². The van der Waals surface area contributed by atoms with Crippen molar-refractivity contribution in [3.8, 4) is 0 Å². The maximum Gasteiger partial charge on any atom is 0.336 e. The van der Waals surface area contributed by atoms with Gasteiger partial charge in [-0.15, -0.1) is 0 Å². The number of allylic oxidation sites excluding steroid dienone is 5. The minimum absolute atomic E-state index is 0.127. The van der Waals surface area contributed by atoms with Crippen LogP contribution in [-0.2, 0) is 19.1 Å². The smallest absolute Gasteiger partial charge is 0.336 e. The molecule has 0 spiro atoms. The van der Waals surface area contributed by atoms with Gasteiger partial charge in [0.1, 0.15) is 6.61 Å². The number of benzene rings is 2. The average molecular weight is 488 g/mol. The Bertz CT molecular complexity index is 1160. The predicted octanol–water partition coefficient (Wildman–Crippen LogP) is 7.21. The Morgan fingerprint density at radius 1 is 1.00 bits per heavy atom. The summed E-state index contributed by atoms with van der Waals surface area (Å²) < 4.78 is 9.95. The van der Waals surface area contributed by atoms with Crippen molar-refractivity contribution < 1.29 is 19.1 Å². The van der Waals surface area contributed by atoms with Gasteiger partial charge in [-0.2, -0.15) is 0 Å². The molecule has 5 heteroatoms. The Morgan fingerprint density at radius 2 is 1.75 bits per heavy atom. The Hall–Kier alpha value is -3.86. The summed E-state index contributed by atoms with van der Waals surface area (Å²) >= 11 is 0. The highest BCUT2D eigenvalue weighted by molar-refractivity contribution is 5.88. The molecule has 190 valence electrons. The van der Waals surface area contributed by atoms with Gasteiger partial charge in [0.2, 0.25) is 0 Å². The fourth-order valence-corrected chi connectivity index (χ4v) is 3.48. The number of para-hydroxylation sites is 1. The van der Waals surface area contributed by atoms with Gasteiger partial charge < -0.3 is 14.4 Å². The van der Waals surface area contributed by atoms with Crippen LogP contribution < -0.4 is 4.90 Å². The number of nitrogens with zero attached hydrogens (tertiary/aromatic N) is 1. The lowest BCUT2D eigenvalue weighted by Gasteiger charge is -2.28. The molecule has 0 aliphatic carbocycles. The first-order chi connectivity index (χ1) is 17.3. The van der Waals surface area contributed by atoms with E-state index in [-0.39, 0.29) is 31.2 Å². The van der Waals surface area contributed by atoms with Crippen molar-refractivity contribution in [1.29, 1.82) is 0 Å². The van der Waals surface area contributed by atoms with Gasteiger partial charge in [0, 0.05) is 23.5 Å². The fourth-order valence-electron chi connectivity index (χ4n) is 3.48. The highest BCUT2D eigenvalue weighted by atomic mass is 16.5. The second-order valence-electron chi connectivity index (χ2n) is 8.43. The zero-order valence-corrected chi connectivity index (χ0v) is 22.0. The number of aryl methyl sites for hydroxylation is 3. The molecule has 0 amide bonds. The van der Waals surface area contributed by atoms with Crippen LogP contribution in [0.25, 0.3) is 0 Å². The summed E-state index contributed by atoms with van der Waals surface area (Å²) in [7, 11) is 0. The summed E-state index contributed by atoms with van der Waals surface area (Å²) in [6.45, 7) is 13.7. The van der Waals surface area contributed by atoms with Crippen LogP contribution in [-0.4, -0.2) is 25.2 Å². The monoisotopic (exact) mass is 487 g/mol. The molecule has 0 bridgehead atoms. The van der Waals surface area contributed by atoms with E-state index in [0.717, 1.165) is 17.1 Å². The molecule has 36 heavy (non-hydrogen) atoms. The molecule has 0 fully saturated rings. The maximum atomic E-state index is 12.0. The van der Waals surface area contributed by atoms with Crippen LogP contribution in [0.5, 0.6) is 0 Å². The number of esters is 2. The molecule has 0 aliphatic heterocycles. The molecule has 2 rings (SSSR count). The van der Waals surface area contributed by atoms with Crippen LogP contribution in [0.15, 0.2) is 90.7 Å². The number of hydrogen-bond donors (Lipinski definition) is 0. The lowest BCUT2D eigenvalue weighted by atomic mass is 10.1. The van der Waals surface area contributed by atoms with E-state index in [1.165, 1.54) is 16.7 Å². The van der Waals surface area contributed by atoms with E-state index in [9.17, 15) is 9.59 Å². The molecular formula is C31H37NO4. The molecule has 0 aromatic heterocycles. The fraction of sp³-hybridized carbons (Fsp3) is 0.290. The van der Waals surface area contributed by atoms with Crippen molar-refractivity contribution in [2.45, 2.75) is 47.5 Å². The number of carbonyl (C=O) groups excluding carboxylic acids is 2. The summed E-state index contributed by atoms with van der Waals surface area (Å²) in [4.78, 5) is 25.8. The third kappa shape index (κ3) is 8.42. The van der Waals surface area contributed by atoms with E-state index in [2.05, 4.69) is 68.7 Å². The van der Waals surface area contributed by atoms with Crippen LogP contribution in [0.2, 0.25) is 0 Å². The van der Waals surface area contributed by atoms with Crippen molar-refractivity contribution in [3.05, 3.63) is 107 Å². The Kier molecular flexibility index (Phi) is 11.4. The Labute approximate surface area is 215 Å². The quantitative estimate of drug-likeness (QED) is 0.180. The maximum absolute atomic E-state index is 12.0. The van der Waals surface area contributed by atoms with Crippen molar-refractivity contribution in [1.82, 2.24) is 0 Å². The van der Waals surface area contributed by atoms with Crippen LogP contribution in [0.3, 0.4) is 0 Å². The first-order valence-corrected chi connectivity index (χ1v) is 12.2. The number of anilines is 2. The molecule has 5 nitrogen and oxygen atoms in total. The van der Waals surface area contributed by atoms with Gasteiger partial charge in [0.05, 0.1) is 12.2 Å². The molecule has 2 aromatic carbocycles. The molecule has 0 saturated heterocycles. The van der Waals surface area contributed by atoms with Crippen LogP contribution in [0.1, 0.15) is 43.4 Å². The van der Waals surface area contributed by atoms with E-state index in [4.69, 9.17) is 9.47 Å². The molecule has 0 N–H and O–H groups in total. The zero-order chi connectivity index (χ0) is 26.5. The van der Waals surface area contributed by atoms with Crippen LogP contribution in [0, 0.1) is 20.8 Å². The predicted molar refractivity (Wildman–Crippen MR) is 147 cm³/mol. The lowest BCUT2D eigenvalue weighted by molar-refractivity contribution is -0.144. The first kappa shape index (κ1) is 28.4. The van der Waals surface area contributed by atoms with E-state index >= 15 is 0 Å². The van der Waals surface area contributed by atoms with Crippen molar-refractivity contribution in [3.63, 3.8) is 0 Å². The second kappa shape index (κ2) is 14.5. The van der Waals surface area contributed by atoms with Crippen LogP contribution >= 0.6 is 0 Å². The number of ether oxygens (including phenoxy) is 2. The molecule has 0 atom stereocenters. The average Bonchev–Trinajstić information content (AvgIpc) is 2.85. The molecular weight excluding hydrogens is 450 g/mol. The Balaban J connectivity index is 2.16. The SMILES string of the molecule is C=C(COC(=O)CCC=CC=C(C=CC)N(c1ccc(C)c(C)c1)c1ccccc1C)C(=O)OCC. The van der Waals surface area contributed by atoms with Gasteiger partial charge >= 0.3 is 11.9 Å². The minimum Gasteiger partial charge on any atom is -0.463 e. The largest absolute Gasteiger partial charge is 0.463 e. The van der Waals surface area contributed by atoms with Gasteiger partial charge in [-0.25, -0.2) is 4.79 Å². The molecule has 2 aromatic rings. The topological polar surface area (TPSA) is 55.8 Å². The molecule has 0 unspecified atom stereocenters. The standard InChI is InChI=1S/C31H37NO4/c1-7-14-27(16-10-9-11-18-30(33)36-22-26(6)31(34)35-8-2)32(29-17-13-12-15-24(29)4)28-20-19-23(3)25(5)21-28/h7,9-10,12-17,19-21H,6,8,11,18,22H2,1-5H3. The molecule has 0 aliphatic rings. The van der Waals surface area contributed by atoms with Gasteiger partial charge in [-0.3, -0.25) is 4.79 Å². The minimum atomic E-state index is -0.547. The van der Waals surface area contributed by atoms with Crippen molar-refractivity contribution >= 4 is 23.3 Å². The van der Waals surface area contributed by atoms with E-state index in [1.807, 2.05) is 43.4 Å². The van der Waals surface area contributed by atoms with Crippen molar-refractivity contribution in [2.24, 2.45) is 0 Å². The van der Waals surface area contributed by atoms with Gasteiger partial charge in [-0.1, -0.05) is 49.1 Å². The number of rotatable bonds is 12. The Morgan fingerprint density at radius 3 is 2.42 bits per heavy atom. The zero-order valence-electron chi connectivity index (χ0n) is 22.0. The molecule has 0 radical (unpaired) electrons. The molecule has 0 saturated carbocycles. The van der Waals surface area contributed by atoms with E-state index in [0.29, 0.717) is 6.42 Å². The van der Waals surface area contributed by atoms with Crippen LogP contribution in [0.4, 0.5) is 11.4 Å². The number of carbonyl (C=O) groups is 2. The molecule has 0 heterocycles. The first-order valence-electron chi connectivity index (χ1n) is 12.2. The summed E-state index contributed by atoms with van der Waals surface area (Å²) in [5.41, 5.74) is 6.95. The summed E-state index contributed by atoms with van der Waals surface area (Å²) in [6, 6.07) is 14.8. The summed E-state index contributed by atoms with van der Waals surface area (Å²) in [5.74, 6) is -0.937. The second-order valence-corrected chi connectivity index (χ2v) is 8.43. The van der Waals surface area contributed by atoms with Crippen molar-refractivity contribution in [2.75, 3.05) is 18.1 Å². The number of hydrogen-bond acceptors (Lipinski definition) is 5. The lowest BCUT2D eigenvalue weighted by Crippen LogP contribution is -2.16.